The lowest BCUT2D eigenvalue weighted by Crippen LogP contribution is -2.07. The van der Waals surface area contributed by atoms with Gasteiger partial charge in [-0.1, -0.05) is 11.3 Å². The summed E-state index contributed by atoms with van der Waals surface area (Å²) in [6.07, 6.45) is 3.69. The van der Waals surface area contributed by atoms with E-state index in [2.05, 4.69) is 15.0 Å². The van der Waals surface area contributed by atoms with E-state index < -0.39 is 22.7 Å². The highest BCUT2D eigenvalue weighted by Crippen LogP contribution is 2.19. The Labute approximate surface area is 127 Å². The Morgan fingerprint density at radius 2 is 2.27 bits per heavy atom. The second-order valence-electron chi connectivity index (χ2n) is 3.78. The van der Waals surface area contributed by atoms with Gasteiger partial charge >= 0.3 is 11.9 Å². The highest BCUT2D eigenvalue weighted by atomic mass is 32.1. The number of nitro groups is 1. The van der Waals surface area contributed by atoms with Crippen molar-refractivity contribution >= 4 is 40.3 Å². The van der Waals surface area contributed by atoms with Crippen LogP contribution in [0, 0.1) is 10.1 Å². The second kappa shape index (κ2) is 6.63. The summed E-state index contributed by atoms with van der Waals surface area (Å²) < 4.78 is 9.37. The number of hydrogen-bond donors (Lipinski definition) is 1. The summed E-state index contributed by atoms with van der Waals surface area (Å²) in [5.41, 5.74) is 0. The van der Waals surface area contributed by atoms with Gasteiger partial charge in [-0.05, 0) is 12.1 Å². The van der Waals surface area contributed by atoms with Gasteiger partial charge in [0.05, 0.1) is 19.4 Å². The number of thiazole rings is 1. The normalized spacial score (nSPS) is 10.6. The number of aromatic nitrogens is 1. The van der Waals surface area contributed by atoms with Gasteiger partial charge in [-0.25, -0.2) is 9.78 Å². The molecule has 0 bridgehead atoms. The molecule has 2 aromatic rings. The van der Waals surface area contributed by atoms with Crippen LogP contribution >= 0.6 is 11.3 Å². The number of nitrogens with one attached hydrogen (secondary N) is 1. The molecule has 22 heavy (non-hydrogen) atoms. The van der Waals surface area contributed by atoms with Crippen LogP contribution in [0.3, 0.4) is 0 Å². The molecule has 0 aromatic carbocycles. The van der Waals surface area contributed by atoms with Crippen molar-refractivity contribution in [2.45, 2.75) is 0 Å². The van der Waals surface area contributed by atoms with Crippen molar-refractivity contribution in [3.8, 4) is 0 Å². The lowest BCUT2D eigenvalue weighted by Gasteiger charge is -1.95. The summed E-state index contributed by atoms with van der Waals surface area (Å²) in [4.78, 5) is 36.7. The van der Waals surface area contributed by atoms with Crippen LogP contribution < -0.4 is 5.32 Å². The highest BCUT2D eigenvalue weighted by Gasteiger charge is 2.12. The maximum absolute atomic E-state index is 11.7. The Hall–Kier alpha value is -3.01. The molecule has 2 aromatic heterocycles. The second-order valence-corrected chi connectivity index (χ2v) is 4.81. The average Bonchev–Trinajstić information content (AvgIpc) is 3.13. The number of carbonyl (C=O) groups is 2. The van der Waals surface area contributed by atoms with Gasteiger partial charge in [-0.15, -0.1) is 0 Å². The summed E-state index contributed by atoms with van der Waals surface area (Å²) in [6, 6.07) is 2.54. The van der Waals surface area contributed by atoms with E-state index in [4.69, 9.17) is 4.42 Å². The summed E-state index contributed by atoms with van der Waals surface area (Å²) in [5.74, 6) is -1.32. The first-order valence-corrected chi connectivity index (χ1v) is 6.58. The number of hydrogen-bond acceptors (Lipinski definition) is 8. The molecule has 0 fully saturated rings. The molecule has 0 aliphatic heterocycles. The topological polar surface area (TPSA) is 125 Å². The minimum absolute atomic E-state index is 0.163. The van der Waals surface area contributed by atoms with Gasteiger partial charge in [0.25, 0.3) is 0 Å². The third-order valence-corrected chi connectivity index (χ3v) is 3.21. The van der Waals surface area contributed by atoms with E-state index in [1.807, 2.05) is 0 Å². The Morgan fingerprint density at radius 1 is 1.50 bits per heavy atom. The molecule has 0 spiro atoms. The number of ether oxygens (including phenoxy) is 1. The SMILES string of the molecule is COC(=O)c1cnc(NC(=O)C=Cc2ccc([N+](=O)[O-])o2)s1. The maximum atomic E-state index is 11.7. The fraction of sp³-hybridized carbons (Fsp3) is 0.0833. The van der Waals surface area contributed by atoms with Crippen molar-refractivity contribution in [3.05, 3.63) is 45.2 Å². The van der Waals surface area contributed by atoms with Gasteiger partial charge in [0.2, 0.25) is 5.91 Å². The maximum Gasteiger partial charge on any atom is 0.433 e. The Balaban J connectivity index is 1.97. The zero-order valence-corrected chi connectivity index (χ0v) is 12.0. The van der Waals surface area contributed by atoms with Gasteiger partial charge in [-0.3, -0.25) is 20.2 Å². The molecule has 114 valence electrons. The number of nitrogens with zero attached hydrogens (tertiary/aromatic N) is 2. The van der Waals surface area contributed by atoms with Crippen LogP contribution in [0.1, 0.15) is 15.4 Å². The molecule has 0 saturated heterocycles. The van der Waals surface area contributed by atoms with Crippen LogP contribution in [0.4, 0.5) is 11.0 Å². The molecular weight excluding hydrogens is 314 g/mol. The van der Waals surface area contributed by atoms with Crippen LogP contribution in [-0.4, -0.2) is 28.9 Å². The van der Waals surface area contributed by atoms with Gasteiger partial charge in [-0.2, -0.15) is 0 Å². The van der Waals surface area contributed by atoms with Crippen LogP contribution in [0.25, 0.3) is 6.08 Å². The molecule has 0 aliphatic rings. The molecule has 9 nitrogen and oxygen atoms in total. The van der Waals surface area contributed by atoms with Gasteiger partial charge in [0.1, 0.15) is 15.6 Å². The fourth-order valence-corrected chi connectivity index (χ4v) is 2.10. The van der Waals surface area contributed by atoms with Gasteiger partial charge < -0.3 is 9.15 Å². The van der Waals surface area contributed by atoms with E-state index in [0.717, 1.165) is 17.4 Å². The summed E-state index contributed by atoms with van der Waals surface area (Å²) >= 11 is 0.959. The molecule has 0 saturated carbocycles. The van der Waals surface area contributed by atoms with E-state index in [-0.39, 0.29) is 15.8 Å². The fourth-order valence-electron chi connectivity index (χ4n) is 1.36. The quantitative estimate of drug-likeness (QED) is 0.386. The number of anilines is 1. The third-order valence-electron chi connectivity index (χ3n) is 2.31. The molecule has 2 rings (SSSR count). The van der Waals surface area contributed by atoms with Crippen molar-refractivity contribution in [3.63, 3.8) is 0 Å². The molecule has 1 N–H and O–H groups in total. The lowest BCUT2D eigenvalue weighted by atomic mass is 10.4. The highest BCUT2D eigenvalue weighted by molar-refractivity contribution is 7.17. The standard InChI is InChI=1S/C12H9N3O6S/c1-20-11(17)8-6-13-12(22-8)14-9(16)4-2-7-3-5-10(21-7)15(18)19/h2-6H,1H3,(H,13,14,16). The Bertz CT molecular complexity index is 748. The van der Waals surface area contributed by atoms with E-state index in [0.29, 0.717) is 0 Å². The molecular formula is C12H9N3O6S. The predicted molar refractivity (Wildman–Crippen MR) is 76.5 cm³/mol. The smallest absolute Gasteiger partial charge is 0.433 e. The number of rotatable bonds is 5. The monoisotopic (exact) mass is 323 g/mol. The van der Waals surface area contributed by atoms with E-state index in [1.54, 1.807) is 0 Å². The first kappa shape index (κ1) is 15.4. The van der Waals surface area contributed by atoms with Crippen molar-refractivity contribution in [1.29, 1.82) is 0 Å². The minimum Gasteiger partial charge on any atom is -0.465 e. The lowest BCUT2D eigenvalue weighted by molar-refractivity contribution is -0.402. The predicted octanol–water partition coefficient (Wildman–Crippen LogP) is 2.08. The minimum atomic E-state index is -0.679. The first-order valence-electron chi connectivity index (χ1n) is 5.77. The molecule has 0 radical (unpaired) electrons. The third kappa shape index (κ3) is 3.76. The van der Waals surface area contributed by atoms with Crippen LogP contribution in [-0.2, 0) is 9.53 Å². The zero-order chi connectivity index (χ0) is 16.1. The van der Waals surface area contributed by atoms with Crippen molar-refractivity contribution in [1.82, 2.24) is 4.98 Å². The van der Waals surface area contributed by atoms with Crippen LogP contribution in [0.5, 0.6) is 0 Å². The van der Waals surface area contributed by atoms with Gasteiger partial charge in [0.15, 0.2) is 5.13 Å². The summed E-state index contributed by atoms with van der Waals surface area (Å²) in [6.45, 7) is 0. The molecule has 10 heteroatoms. The van der Waals surface area contributed by atoms with Crippen LogP contribution in [0.2, 0.25) is 0 Å². The van der Waals surface area contributed by atoms with E-state index >= 15 is 0 Å². The first-order chi connectivity index (χ1) is 10.5. The van der Waals surface area contributed by atoms with E-state index in [9.17, 15) is 19.7 Å². The molecule has 0 unspecified atom stereocenters. The average molecular weight is 323 g/mol. The van der Waals surface area contributed by atoms with Crippen molar-refractivity contribution < 1.29 is 23.7 Å². The summed E-state index contributed by atoms with van der Waals surface area (Å²) in [5, 5.41) is 13.1. The van der Waals surface area contributed by atoms with Crippen LogP contribution in [0.15, 0.2) is 28.8 Å². The largest absolute Gasteiger partial charge is 0.465 e. The zero-order valence-electron chi connectivity index (χ0n) is 11.1. The van der Waals surface area contributed by atoms with Gasteiger partial charge in [0, 0.05) is 6.08 Å². The van der Waals surface area contributed by atoms with Crippen molar-refractivity contribution in [2.75, 3.05) is 12.4 Å². The van der Waals surface area contributed by atoms with E-state index in [1.165, 1.54) is 31.5 Å². The number of methoxy groups -OCH3 is 1. The van der Waals surface area contributed by atoms with Crippen molar-refractivity contribution in [2.24, 2.45) is 0 Å². The molecule has 0 atom stereocenters. The number of carbonyl (C=O) groups excluding carboxylic acids is 2. The molecule has 1 amide bonds. The molecule has 0 aliphatic carbocycles. The number of furan rings is 1. The Morgan fingerprint density at radius 3 is 2.91 bits per heavy atom. The number of esters is 1. The Kier molecular flexibility index (Phi) is 4.63. The number of amides is 1. The summed E-state index contributed by atoms with van der Waals surface area (Å²) in [7, 11) is 1.24. The molecule has 2 heterocycles.